The second-order valence-corrected chi connectivity index (χ2v) is 8.32. The van der Waals surface area contributed by atoms with Crippen molar-refractivity contribution in [3.8, 4) is 0 Å². The van der Waals surface area contributed by atoms with Crippen molar-refractivity contribution in [1.82, 2.24) is 9.97 Å². The number of hydrogen-bond donors (Lipinski definition) is 0. The predicted octanol–water partition coefficient (Wildman–Crippen LogP) is 2.33. The van der Waals surface area contributed by atoms with Crippen molar-refractivity contribution in [3.63, 3.8) is 0 Å². The van der Waals surface area contributed by atoms with Gasteiger partial charge in [0, 0.05) is 29.9 Å². The van der Waals surface area contributed by atoms with E-state index >= 15 is 0 Å². The zero-order valence-electron chi connectivity index (χ0n) is 11.8. The number of aromatic nitrogens is 2. The Labute approximate surface area is 127 Å². The average molecular weight is 321 g/mol. The van der Waals surface area contributed by atoms with E-state index in [2.05, 4.69) is 16.0 Å². The number of benzene rings is 1. The molecule has 2 heterocycles. The van der Waals surface area contributed by atoms with Crippen molar-refractivity contribution in [3.05, 3.63) is 30.6 Å². The summed E-state index contributed by atoms with van der Waals surface area (Å²) >= 11 is 1.62. The first-order valence-electron chi connectivity index (χ1n) is 6.47. The molecule has 2 aromatic heterocycles. The van der Waals surface area contributed by atoms with Gasteiger partial charge >= 0.3 is 0 Å². The molecular formula is C14H15N3O2S2. The summed E-state index contributed by atoms with van der Waals surface area (Å²) in [6, 6.07) is 8.09. The van der Waals surface area contributed by atoms with E-state index in [0.717, 1.165) is 26.1 Å². The molecule has 0 saturated heterocycles. The monoisotopic (exact) mass is 321 g/mol. The Kier molecular flexibility index (Phi) is 3.54. The molecule has 0 saturated carbocycles. The van der Waals surface area contributed by atoms with Gasteiger partial charge in [-0.3, -0.25) is 0 Å². The molecular weight excluding hydrogens is 306 g/mol. The van der Waals surface area contributed by atoms with Crippen LogP contribution in [0.5, 0.6) is 0 Å². The van der Waals surface area contributed by atoms with Gasteiger partial charge in [0.15, 0.2) is 0 Å². The summed E-state index contributed by atoms with van der Waals surface area (Å²) in [5, 5.41) is 2.11. The summed E-state index contributed by atoms with van der Waals surface area (Å²) in [7, 11) is -1.13. The van der Waals surface area contributed by atoms with Crippen LogP contribution in [-0.4, -0.2) is 44.0 Å². The SMILES string of the molecule is CN(CCS(C)(=O)=O)c1ncnc2sc3ccccc3c12. The molecule has 0 bridgehead atoms. The third-order valence-corrected chi connectivity index (χ3v) is 5.32. The van der Waals surface area contributed by atoms with Gasteiger partial charge in [-0.25, -0.2) is 18.4 Å². The molecule has 0 spiro atoms. The zero-order chi connectivity index (χ0) is 15.0. The third-order valence-electron chi connectivity index (χ3n) is 3.31. The van der Waals surface area contributed by atoms with Crippen molar-refractivity contribution in [2.24, 2.45) is 0 Å². The molecule has 3 rings (SSSR count). The highest BCUT2D eigenvalue weighted by Gasteiger charge is 2.15. The molecule has 1 aromatic carbocycles. The smallest absolute Gasteiger partial charge is 0.149 e. The van der Waals surface area contributed by atoms with Crippen LogP contribution in [0, 0.1) is 0 Å². The van der Waals surface area contributed by atoms with Crippen LogP contribution in [0.1, 0.15) is 0 Å². The van der Waals surface area contributed by atoms with E-state index < -0.39 is 9.84 Å². The van der Waals surface area contributed by atoms with Crippen molar-refractivity contribution >= 4 is 47.3 Å². The van der Waals surface area contributed by atoms with Crippen LogP contribution < -0.4 is 4.90 Å². The Morgan fingerprint density at radius 3 is 2.76 bits per heavy atom. The van der Waals surface area contributed by atoms with Crippen LogP contribution in [-0.2, 0) is 9.84 Å². The summed E-state index contributed by atoms with van der Waals surface area (Å²) in [6.07, 6.45) is 2.78. The molecule has 110 valence electrons. The largest absolute Gasteiger partial charge is 0.358 e. The molecule has 7 heteroatoms. The van der Waals surface area contributed by atoms with E-state index in [9.17, 15) is 8.42 Å². The van der Waals surface area contributed by atoms with Crippen LogP contribution >= 0.6 is 11.3 Å². The van der Waals surface area contributed by atoms with Crippen molar-refractivity contribution in [1.29, 1.82) is 0 Å². The molecule has 3 aromatic rings. The number of hydrogen-bond acceptors (Lipinski definition) is 6. The topological polar surface area (TPSA) is 63.2 Å². The highest BCUT2D eigenvalue weighted by molar-refractivity contribution is 7.90. The van der Waals surface area contributed by atoms with Gasteiger partial charge in [-0.2, -0.15) is 0 Å². The van der Waals surface area contributed by atoms with E-state index in [-0.39, 0.29) is 5.75 Å². The van der Waals surface area contributed by atoms with E-state index in [4.69, 9.17) is 0 Å². The third kappa shape index (κ3) is 2.84. The molecule has 0 N–H and O–H groups in total. The summed E-state index contributed by atoms with van der Waals surface area (Å²) in [5.74, 6) is 0.887. The molecule has 0 radical (unpaired) electrons. The fourth-order valence-electron chi connectivity index (χ4n) is 2.24. The quantitative estimate of drug-likeness (QED) is 0.738. The van der Waals surface area contributed by atoms with Gasteiger partial charge < -0.3 is 4.90 Å². The molecule has 0 aliphatic rings. The number of fused-ring (bicyclic) bond motifs is 3. The van der Waals surface area contributed by atoms with Gasteiger partial charge in [-0.1, -0.05) is 18.2 Å². The lowest BCUT2D eigenvalue weighted by Crippen LogP contribution is -2.25. The predicted molar refractivity (Wildman–Crippen MR) is 87.9 cm³/mol. The maximum Gasteiger partial charge on any atom is 0.149 e. The van der Waals surface area contributed by atoms with E-state index in [1.165, 1.54) is 12.6 Å². The molecule has 0 unspecified atom stereocenters. The van der Waals surface area contributed by atoms with Crippen LogP contribution in [0.2, 0.25) is 0 Å². The lowest BCUT2D eigenvalue weighted by molar-refractivity contribution is 0.601. The van der Waals surface area contributed by atoms with Gasteiger partial charge in [0.05, 0.1) is 11.1 Å². The number of sulfone groups is 1. The van der Waals surface area contributed by atoms with Crippen molar-refractivity contribution in [2.45, 2.75) is 0 Å². The van der Waals surface area contributed by atoms with E-state index in [0.29, 0.717) is 6.54 Å². The van der Waals surface area contributed by atoms with Crippen molar-refractivity contribution < 1.29 is 8.42 Å². The van der Waals surface area contributed by atoms with Crippen LogP contribution in [0.4, 0.5) is 5.82 Å². The molecule has 0 atom stereocenters. The highest BCUT2D eigenvalue weighted by Crippen LogP contribution is 2.36. The standard InChI is InChI=1S/C14H15N3O2S2/c1-17(7-8-21(2,18)19)13-12-10-5-3-4-6-11(10)20-14(12)16-9-15-13/h3-6,9H,7-8H2,1-2H3. The fraction of sp³-hybridized carbons (Fsp3) is 0.286. The highest BCUT2D eigenvalue weighted by atomic mass is 32.2. The first kappa shape index (κ1) is 14.2. The normalized spacial score (nSPS) is 12.1. The minimum Gasteiger partial charge on any atom is -0.358 e. The lowest BCUT2D eigenvalue weighted by atomic mass is 10.2. The Balaban J connectivity index is 2.09. The summed E-state index contributed by atoms with van der Waals surface area (Å²) in [4.78, 5) is 11.5. The minimum absolute atomic E-state index is 0.108. The van der Waals surface area contributed by atoms with Gasteiger partial charge in [0.25, 0.3) is 0 Å². The maximum atomic E-state index is 11.3. The lowest BCUT2D eigenvalue weighted by Gasteiger charge is -2.18. The molecule has 0 aliphatic carbocycles. The number of rotatable bonds is 4. The second-order valence-electron chi connectivity index (χ2n) is 5.03. The van der Waals surface area contributed by atoms with Crippen molar-refractivity contribution in [2.75, 3.05) is 30.5 Å². The van der Waals surface area contributed by atoms with Gasteiger partial charge in [-0.05, 0) is 6.07 Å². The minimum atomic E-state index is -2.99. The number of thiophene rings is 1. The Bertz CT molecular complexity index is 903. The molecule has 21 heavy (non-hydrogen) atoms. The summed E-state index contributed by atoms with van der Waals surface area (Å²) < 4.78 is 23.8. The van der Waals surface area contributed by atoms with Crippen LogP contribution in [0.3, 0.4) is 0 Å². The summed E-state index contributed by atoms with van der Waals surface area (Å²) in [5.41, 5.74) is 0. The van der Waals surface area contributed by atoms with Gasteiger partial charge in [0.2, 0.25) is 0 Å². The zero-order valence-corrected chi connectivity index (χ0v) is 13.4. The molecule has 0 amide bonds. The fourth-order valence-corrected chi connectivity index (χ4v) is 3.88. The average Bonchev–Trinajstić information content (AvgIpc) is 2.82. The Morgan fingerprint density at radius 2 is 2.00 bits per heavy atom. The molecule has 5 nitrogen and oxygen atoms in total. The number of anilines is 1. The van der Waals surface area contributed by atoms with E-state index in [1.807, 2.05) is 30.1 Å². The Hall–Kier alpha value is -1.73. The molecule has 0 fully saturated rings. The van der Waals surface area contributed by atoms with Crippen LogP contribution in [0.15, 0.2) is 30.6 Å². The first-order chi connectivity index (χ1) is 9.96. The summed E-state index contributed by atoms with van der Waals surface area (Å²) in [6.45, 7) is 0.412. The van der Waals surface area contributed by atoms with E-state index in [1.54, 1.807) is 11.3 Å². The van der Waals surface area contributed by atoms with Crippen LogP contribution in [0.25, 0.3) is 20.3 Å². The van der Waals surface area contributed by atoms with Gasteiger partial charge in [0.1, 0.15) is 26.8 Å². The first-order valence-corrected chi connectivity index (χ1v) is 9.34. The second kappa shape index (κ2) is 5.23. The maximum absolute atomic E-state index is 11.3. The number of nitrogens with zero attached hydrogens (tertiary/aromatic N) is 3. The van der Waals surface area contributed by atoms with Gasteiger partial charge in [-0.15, -0.1) is 11.3 Å². The molecule has 0 aliphatic heterocycles. The Morgan fingerprint density at radius 1 is 1.24 bits per heavy atom.